The van der Waals surface area contributed by atoms with Gasteiger partial charge in [0.25, 0.3) is 16.8 Å². The van der Waals surface area contributed by atoms with Gasteiger partial charge in [-0.3, -0.25) is 14.9 Å². The molecule has 1 rings (SSSR count). The predicted molar refractivity (Wildman–Crippen MR) is 84.8 cm³/mol. The van der Waals surface area contributed by atoms with Crippen LogP contribution in [0.3, 0.4) is 0 Å². The summed E-state index contributed by atoms with van der Waals surface area (Å²) in [5.41, 5.74) is 0.540. The standard InChI is InChI=1S/C11H15N2O6S.CH4O3S/c1-10(13(14)15)7-11-5-3-4-6-12(11)8-18-9-19-20(2,16)17;1-5(2,3)4/h3-7H,8-9H2,1-2H3;1H3,(H,2,3,4)/q+1;/p-1/b10-7-;. The maximum absolute atomic E-state index is 10.7. The summed E-state index contributed by atoms with van der Waals surface area (Å²) < 4.78 is 59.7. The zero-order valence-electron chi connectivity index (χ0n) is 13.7. The molecule has 0 unspecified atom stereocenters. The highest BCUT2D eigenvalue weighted by Crippen LogP contribution is 2.02. The third-order valence-corrected chi connectivity index (χ3v) is 2.72. The molecule has 0 aliphatic heterocycles. The van der Waals surface area contributed by atoms with Crippen molar-refractivity contribution in [3.05, 3.63) is 45.9 Å². The molecule has 25 heavy (non-hydrogen) atoms. The van der Waals surface area contributed by atoms with Gasteiger partial charge in [0.2, 0.25) is 11.4 Å². The van der Waals surface area contributed by atoms with Crippen LogP contribution in [0.5, 0.6) is 0 Å². The van der Waals surface area contributed by atoms with Gasteiger partial charge in [-0.15, -0.1) is 0 Å². The Morgan fingerprint density at radius 1 is 1.28 bits per heavy atom. The summed E-state index contributed by atoms with van der Waals surface area (Å²) in [6.07, 6.45) is 4.56. The number of hydrogen-bond donors (Lipinski definition) is 0. The smallest absolute Gasteiger partial charge is 0.266 e. The first-order chi connectivity index (χ1) is 11.3. The molecule has 0 atom stereocenters. The molecular formula is C12H18N2O9S2. The Hall–Kier alpha value is -1.93. The fraction of sp³-hybridized carbons (Fsp3) is 0.417. The zero-order valence-corrected chi connectivity index (χ0v) is 15.3. The summed E-state index contributed by atoms with van der Waals surface area (Å²) in [5.74, 6) is 0. The van der Waals surface area contributed by atoms with E-state index in [0.29, 0.717) is 11.9 Å². The van der Waals surface area contributed by atoms with E-state index in [0.717, 1.165) is 6.26 Å². The molecule has 11 nitrogen and oxygen atoms in total. The van der Waals surface area contributed by atoms with E-state index in [1.165, 1.54) is 13.0 Å². The van der Waals surface area contributed by atoms with Crippen molar-refractivity contribution in [2.75, 3.05) is 19.3 Å². The van der Waals surface area contributed by atoms with E-state index >= 15 is 0 Å². The molecule has 1 heterocycles. The summed E-state index contributed by atoms with van der Waals surface area (Å²) in [4.78, 5) is 10.1. The average Bonchev–Trinajstić information content (AvgIpc) is 2.42. The maximum atomic E-state index is 10.7. The summed E-state index contributed by atoms with van der Waals surface area (Å²) in [6, 6.07) is 5.12. The minimum absolute atomic E-state index is 0.00713. The quantitative estimate of drug-likeness (QED) is 0.114. The van der Waals surface area contributed by atoms with Gasteiger partial charge in [-0.05, 0) is 6.07 Å². The fourth-order valence-corrected chi connectivity index (χ4v) is 1.50. The highest BCUT2D eigenvalue weighted by molar-refractivity contribution is 7.86. The largest absolute Gasteiger partial charge is 0.748 e. The second kappa shape index (κ2) is 10.1. The molecule has 0 aliphatic carbocycles. The van der Waals surface area contributed by atoms with Crippen molar-refractivity contribution in [3.63, 3.8) is 0 Å². The van der Waals surface area contributed by atoms with E-state index in [1.54, 1.807) is 29.0 Å². The minimum atomic E-state index is -3.92. The van der Waals surface area contributed by atoms with Crippen LogP contribution in [0.2, 0.25) is 0 Å². The van der Waals surface area contributed by atoms with Crippen molar-refractivity contribution in [2.45, 2.75) is 13.7 Å². The molecular weight excluding hydrogens is 380 g/mol. The molecule has 0 saturated heterocycles. The Balaban J connectivity index is 0.00000101. The van der Waals surface area contributed by atoms with Crippen LogP contribution in [0.25, 0.3) is 6.08 Å². The first kappa shape index (κ1) is 23.1. The molecule has 0 saturated carbocycles. The molecule has 0 N–H and O–H groups in total. The predicted octanol–water partition coefficient (Wildman–Crippen LogP) is -0.319. The normalized spacial score (nSPS) is 12.2. The van der Waals surface area contributed by atoms with Gasteiger partial charge in [0.15, 0.2) is 13.0 Å². The van der Waals surface area contributed by atoms with Crippen molar-refractivity contribution < 1.29 is 39.8 Å². The third-order valence-electron chi connectivity index (χ3n) is 2.20. The van der Waals surface area contributed by atoms with E-state index in [-0.39, 0.29) is 12.4 Å². The summed E-state index contributed by atoms with van der Waals surface area (Å²) in [6.45, 7) is 0.969. The number of hydrogen-bond acceptors (Lipinski definition) is 9. The molecule has 1 aromatic heterocycles. The first-order valence-electron chi connectivity index (χ1n) is 6.44. The van der Waals surface area contributed by atoms with Crippen LogP contribution in [0.4, 0.5) is 0 Å². The van der Waals surface area contributed by atoms with E-state index < -0.39 is 32.0 Å². The highest BCUT2D eigenvalue weighted by atomic mass is 32.2. The van der Waals surface area contributed by atoms with Gasteiger partial charge in [0.1, 0.15) is 0 Å². The number of nitro groups is 1. The molecule has 1 aromatic rings. The van der Waals surface area contributed by atoms with Crippen molar-refractivity contribution in [1.82, 2.24) is 0 Å². The number of aromatic nitrogens is 1. The fourth-order valence-electron chi connectivity index (χ4n) is 1.26. The molecule has 0 amide bonds. The van der Waals surface area contributed by atoms with E-state index in [1.807, 2.05) is 0 Å². The Kier molecular flexibility index (Phi) is 9.37. The molecule has 0 aromatic carbocycles. The molecule has 13 heteroatoms. The highest BCUT2D eigenvalue weighted by Gasteiger charge is 2.12. The summed E-state index contributed by atoms with van der Waals surface area (Å²) in [7, 11) is -7.47. The number of nitrogens with zero attached hydrogens (tertiary/aromatic N) is 2. The van der Waals surface area contributed by atoms with Gasteiger partial charge in [0, 0.05) is 25.3 Å². The Morgan fingerprint density at radius 2 is 1.84 bits per heavy atom. The third kappa shape index (κ3) is 14.1. The van der Waals surface area contributed by atoms with Crippen LogP contribution in [0.1, 0.15) is 12.6 Å². The lowest BCUT2D eigenvalue weighted by molar-refractivity contribution is -0.735. The number of allylic oxidation sites excluding steroid dienone is 1. The van der Waals surface area contributed by atoms with Gasteiger partial charge in [0.05, 0.1) is 27.4 Å². The minimum Gasteiger partial charge on any atom is -0.748 e. The van der Waals surface area contributed by atoms with Crippen LogP contribution in [-0.4, -0.2) is 45.6 Å². The van der Waals surface area contributed by atoms with Crippen molar-refractivity contribution in [2.24, 2.45) is 0 Å². The van der Waals surface area contributed by atoms with Crippen LogP contribution < -0.4 is 4.57 Å². The second-order valence-electron chi connectivity index (χ2n) is 4.62. The molecule has 0 radical (unpaired) electrons. The summed E-state index contributed by atoms with van der Waals surface area (Å²) >= 11 is 0. The zero-order chi connectivity index (χ0) is 19.7. The van der Waals surface area contributed by atoms with Gasteiger partial charge in [-0.25, -0.2) is 12.6 Å². The molecule has 0 aliphatic rings. The lowest BCUT2D eigenvalue weighted by atomic mass is 10.3. The topological polar surface area (TPSA) is 157 Å². The second-order valence-corrected chi connectivity index (χ2v) is 7.67. The molecule has 142 valence electrons. The molecule has 0 fully saturated rings. The summed E-state index contributed by atoms with van der Waals surface area (Å²) in [5, 5.41) is 10.6. The lowest BCUT2D eigenvalue weighted by Gasteiger charge is -2.02. The van der Waals surface area contributed by atoms with Gasteiger partial charge >= 0.3 is 0 Å². The van der Waals surface area contributed by atoms with Gasteiger partial charge in [-0.1, -0.05) is 0 Å². The van der Waals surface area contributed by atoms with E-state index in [9.17, 15) is 18.5 Å². The van der Waals surface area contributed by atoms with Crippen LogP contribution in [0.15, 0.2) is 30.1 Å². The van der Waals surface area contributed by atoms with Crippen molar-refractivity contribution >= 4 is 26.3 Å². The monoisotopic (exact) mass is 398 g/mol. The Bertz CT molecular complexity index is 809. The number of rotatable bonds is 7. The van der Waals surface area contributed by atoms with Crippen molar-refractivity contribution in [3.8, 4) is 0 Å². The van der Waals surface area contributed by atoms with Crippen molar-refractivity contribution in [1.29, 1.82) is 0 Å². The Morgan fingerprint density at radius 3 is 2.32 bits per heavy atom. The first-order valence-corrected chi connectivity index (χ1v) is 10.1. The van der Waals surface area contributed by atoms with Crippen LogP contribution in [-0.2, 0) is 35.9 Å². The number of ether oxygens (including phenoxy) is 1. The van der Waals surface area contributed by atoms with E-state index in [4.69, 9.17) is 17.7 Å². The maximum Gasteiger partial charge on any atom is 0.266 e. The SMILES string of the molecule is C/C(=C/c1cccc[n+]1COCOS(C)(=O)=O)[N+](=O)[O-].CS(=O)(=O)[O-]. The average molecular weight is 398 g/mol. The van der Waals surface area contributed by atoms with Gasteiger partial charge < -0.3 is 4.55 Å². The van der Waals surface area contributed by atoms with Gasteiger partial charge in [-0.2, -0.15) is 13.0 Å². The van der Waals surface area contributed by atoms with Crippen LogP contribution >= 0.6 is 0 Å². The molecule has 0 bridgehead atoms. The number of pyridine rings is 1. The van der Waals surface area contributed by atoms with E-state index in [2.05, 4.69) is 4.18 Å². The van der Waals surface area contributed by atoms with Crippen LogP contribution in [0, 0.1) is 10.1 Å². The molecule has 0 spiro atoms. The Labute approximate surface area is 145 Å². The lowest BCUT2D eigenvalue weighted by Crippen LogP contribution is -2.38.